The molecule has 0 aliphatic heterocycles. The molecule has 0 aliphatic carbocycles. The van der Waals surface area contributed by atoms with Crippen molar-refractivity contribution in [3.8, 4) is 0 Å². The largest absolute Gasteiger partial charge is 0.312 e. The van der Waals surface area contributed by atoms with Crippen LogP contribution >= 0.6 is 11.8 Å². The second-order valence-electron chi connectivity index (χ2n) is 4.63. The Morgan fingerprint density at radius 3 is 2.81 bits per heavy atom. The van der Waals surface area contributed by atoms with Crippen LogP contribution in [0.2, 0.25) is 0 Å². The summed E-state index contributed by atoms with van der Waals surface area (Å²) in [6.07, 6.45) is 0. The van der Waals surface area contributed by atoms with Gasteiger partial charge in [-0.15, -0.1) is 0 Å². The molecule has 0 spiro atoms. The van der Waals surface area contributed by atoms with Crippen molar-refractivity contribution in [3.63, 3.8) is 0 Å². The summed E-state index contributed by atoms with van der Waals surface area (Å²) >= 11 is 2.04. The number of hydrogen-bond acceptors (Lipinski definition) is 2. The van der Waals surface area contributed by atoms with Crippen LogP contribution in [0, 0.1) is 12.8 Å². The summed E-state index contributed by atoms with van der Waals surface area (Å²) in [5.41, 5.74) is 2.72. The van der Waals surface area contributed by atoms with Crippen LogP contribution in [0.1, 0.15) is 25.0 Å². The number of aryl methyl sites for hydroxylation is 1. The van der Waals surface area contributed by atoms with Gasteiger partial charge in [-0.2, -0.15) is 11.8 Å². The molecule has 0 saturated carbocycles. The van der Waals surface area contributed by atoms with Crippen LogP contribution in [0.3, 0.4) is 0 Å². The van der Waals surface area contributed by atoms with Gasteiger partial charge in [-0.05, 0) is 24.2 Å². The first-order valence-corrected chi connectivity index (χ1v) is 7.18. The molecular weight excluding hydrogens is 214 g/mol. The minimum Gasteiger partial charge on any atom is -0.312 e. The summed E-state index contributed by atoms with van der Waals surface area (Å²) in [6.45, 7) is 8.78. The molecule has 2 heteroatoms. The summed E-state index contributed by atoms with van der Waals surface area (Å²) in [6, 6.07) is 8.69. The first kappa shape index (κ1) is 13.6. The normalized spacial score (nSPS) is 11.0. The molecule has 0 bridgehead atoms. The quantitative estimate of drug-likeness (QED) is 0.729. The first-order chi connectivity index (χ1) is 7.68. The monoisotopic (exact) mass is 237 g/mol. The van der Waals surface area contributed by atoms with E-state index in [1.165, 1.54) is 22.6 Å². The van der Waals surface area contributed by atoms with Crippen LogP contribution in [0.25, 0.3) is 0 Å². The van der Waals surface area contributed by atoms with Gasteiger partial charge in [0.2, 0.25) is 0 Å². The average Bonchev–Trinajstić information content (AvgIpc) is 2.23. The maximum absolute atomic E-state index is 3.48. The Morgan fingerprint density at radius 1 is 1.31 bits per heavy atom. The van der Waals surface area contributed by atoms with Crippen molar-refractivity contribution in [3.05, 3.63) is 35.4 Å². The van der Waals surface area contributed by atoms with E-state index in [-0.39, 0.29) is 0 Å². The van der Waals surface area contributed by atoms with E-state index in [2.05, 4.69) is 50.4 Å². The molecule has 90 valence electrons. The highest BCUT2D eigenvalue weighted by Gasteiger charge is 1.95. The lowest BCUT2D eigenvalue weighted by Crippen LogP contribution is -2.17. The SMILES string of the molecule is Cc1cccc(CNCCSCC(C)C)c1. The molecule has 1 nitrogen and oxygen atoms in total. The van der Waals surface area contributed by atoms with E-state index in [9.17, 15) is 0 Å². The van der Waals surface area contributed by atoms with Crippen LogP contribution < -0.4 is 5.32 Å². The van der Waals surface area contributed by atoms with Gasteiger partial charge < -0.3 is 5.32 Å². The van der Waals surface area contributed by atoms with E-state index in [0.29, 0.717) is 0 Å². The highest BCUT2D eigenvalue weighted by atomic mass is 32.2. The molecule has 0 saturated heterocycles. The molecule has 0 heterocycles. The second kappa shape index (κ2) is 7.75. The summed E-state index contributed by atoms with van der Waals surface area (Å²) in [5, 5.41) is 3.48. The Balaban J connectivity index is 2.07. The summed E-state index contributed by atoms with van der Waals surface area (Å²) in [4.78, 5) is 0. The molecule has 0 atom stereocenters. The number of nitrogens with one attached hydrogen (secondary N) is 1. The maximum atomic E-state index is 3.48. The maximum Gasteiger partial charge on any atom is 0.0205 e. The van der Waals surface area contributed by atoms with Gasteiger partial charge in [-0.3, -0.25) is 0 Å². The van der Waals surface area contributed by atoms with Crippen molar-refractivity contribution in [2.45, 2.75) is 27.3 Å². The third-order valence-corrected chi connectivity index (χ3v) is 3.68. The standard InChI is InChI=1S/C14H23NS/c1-12(2)11-16-8-7-15-10-14-6-4-5-13(3)9-14/h4-6,9,12,15H,7-8,10-11H2,1-3H3. The number of rotatable bonds is 7. The molecule has 0 unspecified atom stereocenters. The van der Waals surface area contributed by atoms with Gasteiger partial charge in [-0.25, -0.2) is 0 Å². The fourth-order valence-electron chi connectivity index (χ4n) is 1.52. The van der Waals surface area contributed by atoms with Gasteiger partial charge >= 0.3 is 0 Å². The predicted molar refractivity (Wildman–Crippen MR) is 75.0 cm³/mol. The molecule has 0 radical (unpaired) electrons. The minimum absolute atomic E-state index is 0.807. The van der Waals surface area contributed by atoms with Gasteiger partial charge in [0.1, 0.15) is 0 Å². The molecule has 1 rings (SSSR count). The number of hydrogen-bond donors (Lipinski definition) is 1. The van der Waals surface area contributed by atoms with Crippen LogP contribution in [0.5, 0.6) is 0 Å². The summed E-state index contributed by atoms with van der Waals surface area (Å²) in [7, 11) is 0. The summed E-state index contributed by atoms with van der Waals surface area (Å²) in [5.74, 6) is 3.29. The molecule has 0 fully saturated rings. The van der Waals surface area contributed by atoms with Crippen molar-refractivity contribution >= 4 is 11.8 Å². The van der Waals surface area contributed by atoms with E-state index in [4.69, 9.17) is 0 Å². The zero-order chi connectivity index (χ0) is 11.8. The average molecular weight is 237 g/mol. The topological polar surface area (TPSA) is 12.0 Å². The van der Waals surface area contributed by atoms with Gasteiger partial charge in [-0.1, -0.05) is 43.7 Å². The Kier molecular flexibility index (Phi) is 6.58. The molecule has 1 aromatic carbocycles. The zero-order valence-electron chi connectivity index (χ0n) is 10.6. The molecule has 0 aromatic heterocycles. The van der Waals surface area contributed by atoms with E-state index in [0.717, 1.165) is 19.0 Å². The molecule has 1 aromatic rings. The smallest absolute Gasteiger partial charge is 0.0205 e. The van der Waals surface area contributed by atoms with Crippen molar-refractivity contribution in [2.24, 2.45) is 5.92 Å². The molecule has 16 heavy (non-hydrogen) atoms. The van der Waals surface area contributed by atoms with E-state index in [1.54, 1.807) is 0 Å². The van der Waals surface area contributed by atoms with Crippen LogP contribution in [-0.4, -0.2) is 18.1 Å². The van der Waals surface area contributed by atoms with Crippen LogP contribution in [0.15, 0.2) is 24.3 Å². The third kappa shape index (κ3) is 6.19. The molecule has 0 amide bonds. The Hall–Kier alpha value is -0.470. The van der Waals surface area contributed by atoms with Crippen molar-refractivity contribution in [2.75, 3.05) is 18.1 Å². The lowest BCUT2D eigenvalue weighted by molar-refractivity contribution is 0.725. The van der Waals surface area contributed by atoms with Crippen LogP contribution in [-0.2, 0) is 6.54 Å². The number of thioether (sulfide) groups is 1. The van der Waals surface area contributed by atoms with E-state index in [1.807, 2.05) is 11.8 Å². The lowest BCUT2D eigenvalue weighted by Gasteiger charge is -2.07. The van der Waals surface area contributed by atoms with Crippen LogP contribution in [0.4, 0.5) is 0 Å². The Morgan fingerprint density at radius 2 is 2.12 bits per heavy atom. The first-order valence-electron chi connectivity index (χ1n) is 6.02. The highest BCUT2D eigenvalue weighted by molar-refractivity contribution is 7.99. The predicted octanol–water partition coefficient (Wildman–Crippen LogP) is 3.47. The Bertz CT molecular complexity index is 297. The van der Waals surface area contributed by atoms with Crippen molar-refractivity contribution < 1.29 is 0 Å². The zero-order valence-corrected chi connectivity index (χ0v) is 11.4. The fraction of sp³-hybridized carbons (Fsp3) is 0.571. The fourth-order valence-corrected chi connectivity index (χ4v) is 2.44. The lowest BCUT2D eigenvalue weighted by atomic mass is 10.1. The summed E-state index contributed by atoms with van der Waals surface area (Å²) < 4.78 is 0. The molecule has 1 N–H and O–H groups in total. The van der Waals surface area contributed by atoms with Crippen molar-refractivity contribution in [1.82, 2.24) is 5.32 Å². The number of benzene rings is 1. The van der Waals surface area contributed by atoms with Gasteiger partial charge in [0, 0.05) is 18.8 Å². The molecule has 0 aliphatic rings. The van der Waals surface area contributed by atoms with Crippen molar-refractivity contribution in [1.29, 1.82) is 0 Å². The Labute approximate surface area is 104 Å². The van der Waals surface area contributed by atoms with Gasteiger partial charge in [0.25, 0.3) is 0 Å². The minimum atomic E-state index is 0.807. The van der Waals surface area contributed by atoms with Gasteiger partial charge in [0.05, 0.1) is 0 Å². The van der Waals surface area contributed by atoms with E-state index >= 15 is 0 Å². The second-order valence-corrected chi connectivity index (χ2v) is 5.78. The highest BCUT2D eigenvalue weighted by Crippen LogP contribution is 2.06. The van der Waals surface area contributed by atoms with Gasteiger partial charge in [0.15, 0.2) is 0 Å². The molecular formula is C14H23NS. The van der Waals surface area contributed by atoms with E-state index < -0.39 is 0 Å². The third-order valence-electron chi connectivity index (χ3n) is 2.29.